The quantitative estimate of drug-likeness (QED) is 0.615. The highest BCUT2D eigenvalue weighted by Gasteiger charge is 2.16. The number of hydrogen-bond acceptors (Lipinski definition) is 1. The number of fused-ring (bicyclic) bond motifs is 1. The highest BCUT2D eigenvalue weighted by atomic mass is 32.3. The lowest BCUT2D eigenvalue weighted by atomic mass is 10.1. The van der Waals surface area contributed by atoms with Crippen LogP contribution in [0.3, 0.4) is 0 Å². The second kappa shape index (κ2) is 2.81. The molecule has 0 aliphatic carbocycles. The minimum absolute atomic E-state index is 0.990. The molecule has 1 aliphatic rings. The molecule has 0 saturated heterocycles. The van der Waals surface area contributed by atoms with Gasteiger partial charge < -0.3 is 4.18 Å². The molecule has 0 fully saturated rings. The lowest BCUT2D eigenvalue weighted by molar-refractivity contribution is 0.627. The zero-order valence-corrected chi connectivity index (χ0v) is 9.02. The summed E-state index contributed by atoms with van der Waals surface area (Å²) in [7, 11) is -0.990. The van der Waals surface area contributed by atoms with E-state index in [4.69, 9.17) is 4.18 Å². The molecule has 0 spiro atoms. The first kappa shape index (κ1) is 8.70. The molecule has 1 aliphatic heterocycles. The van der Waals surface area contributed by atoms with E-state index < -0.39 is 10.3 Å². The second-order valence-corrected chi connectivity index (χ2v) is 6.79. The third kappa shape index (κ3) is 1.73. The maximum absolute atomic E-state index is 5.87. The summed E-state index contributed by atoms with van der Waals surface area (Å²) < 4.78 is 5.87. The standard InChI is InChI=1S/C11H14OS/c1-9-4-5-11-10(8-9)6-7-13(2,3)12-11/h4-8H,1-3H3. The first-order valence-electron chi connectivity index (χ1n) is 4.28. The molecule has 0 bridgehead atoms. The minimum atomic E-state index is -0.990. The van der Waals surface area contributed by atoms with Gasteiger partial charge in [0.25, 0.3) is 0 Å². The van der Waals surface area contributed by atoms with Crippen LogP contribution in [0.25, 0.3) is 6.08 Å². The molecule has 0 amide bonds. The van der Waals surface area contributed by atoms with Gasteiger partial charge in [0.05, 0.1) is 0 Å². The van der Waals surface area contributed by atoms with Crippen LogP contribution in [-0.4, -0.2) is 12.5 Å². The predicted octanol–water partition coefficient (Wildman–Crippen LogP) is 3.34. The van der Waals surface area contributed by atoms with Gasteiger partial charge in [0.1, 0.15) is 5.75 Å². The van der Waals surface area contributed by atoms with Gasteiger partial charge in [-0.3, -0.25) is 0 Å². The fraction of sp³-hybridized carbons (Fsp3) is 0.273. The van der Waals surface area contributed by atoms with Crippen LogP contribution in [0.2, 0.25) is 0 Å². The van der Waals surface area contributed by atoms with Crippen molar-refractivity contribution in [3.8, 4) is 5.75 Å². The lowest BCUT2D eigenvalue weighted by Crippen LogP contribution is -2.05. The Morgan fingerprint density at radius 1 is 1.23 bits per heavy atom. The Kier molecular flexibility index (Phi) is 1.88. The summed E-state index contributed by atoms with van der Waals surface area (Å²) >= 11 is 0. The smallest absolute Gasteiger partial charge is 0.142 e. The van der Waals surface area contributed by atoms with Crippen molar-refractivity contribution in [2.24, 2.45) is 0 Å². The van der Waals surface area contributed by atoms with E-state index in [0.717, 1.165) is 5.75 Å². The molecule has 13 heavy (non-hydrogen) atoms. The molecule has 0 atom stereocenters. The zero-order chi connectivity index (χ0) is 9.47. The van der Waals surface area contributed by atoms with Gasteiger partial charge in [-0.1, -0.05) is 21.9 Å². The van der Waals surface area contributed by atoms with Gasteiger partial charge in [-0.2, -0.15) is 0 Å². The average Bonchev–Trinajstić information content (AvgIpc) is 2.05. The van der Waals surface area contributed by atoms with Crippen LogP contribution in [0.5, 0.6) is 5.75 Å². The molecule has 0 radical (unpaired) electrons. The van der Waals surface area contributed by atoms with Crippen molar-refractivity contribution < 1.29 is 4.18 Å². The maximum atomic E-state index is 5.87. The molecule has 2 heteroatoms. The van der Waals surface area contributed by atoms with Crippen molar-refractivity contribution in [3.63, 3.8) is 0 Å². The van der Waals surface area contributed by atoms with Crippen LogP contribution >= 0.6 is 10.3 Å². The zero-order valence-electron chi connectivity index (χ0n) is 8.20. The van der Waals surface area contributed by atoms with Crippen LogP contribution in [-0.2, 0) is 0 Å². The third-order valence-corrected chi connectivity index (χ3v) is 3.45. The topological polar surface area (TPSA) is 9.23 Å². The van der Waals surface area contributed by atoms with Crippen molar-refractivity contribution in [2.45, 2.75) is 6.92 Å². The molecule has 1 aromatic rings. The van der Waals surface area contributed by atoms with Crippen LogP contribution < -0.4 is 4.18 Å². The summed E-state index contributed by atoms with van der Waals surface area (Å²) in [4.78, 5) is 0. The van der Waals surface area contributed by atoms with Crippen molar-refractivity contribution in [3.05, 3.63) is 34.7 Å². The van der Waals surface area contributed by atoms with Crippen molar-refractivity contribution >= 4 is 16.4 Å². The molecule has 1 nitrogen and oxygen atoms in total. The monoisotopic (exact) mass is 194 g/mol. The first-order chi connectivity index (χ1) is 6.07. The van der Waals surface area contributed by atoms with Crippen molar-refractivity contribution in [1.29, 1.82) is 0 Å². The molecule has 1 aromatic carbocycles. The Hall–Kier alpha value is -0.890. The molecule has 2 rings (SSSR count). The summed E-state index contributed by atoms with van der Waals surface area (Å²) in [5.41, 5.74) is 2.48. The van der Waals surface area contributed by atoms with Crippen molar-refractivity contribution in [2.75, 3.05) is 12.5 Å². The van der Waals surface area contributed by atoms with E-state index in [9.17, 15) is 0 Å². The van der Waals surface area contributed by atoms with Gasteiger partial charge >= 0.3 is 0 Å². The number of aryl methyl sites for hydroxylation is 1. The summed E-state index contributed by atoms with van der Waals surface area (Å²) in [5.74, 6) is 1.02. The molecule has 0 N–H and O–H groups in total. The molecule has 0 saturated carbocycles. The Labute approximate surface area is 80.9 Å². The SMILES string of the molecule is Cc1ccc2c(c1)C=CS(C)(C)O2. The summed E-state index contributed by atoms with van der Waals surface area (Å²) in [6.45, 7) is 2.10. The predicted molar refractivity (Wildman–Crippen MR) is 60.3 cm³/mol. The van der Waals surface area contributed by atoms with E-state index >= 15 is 0 Å². The second-order valence-electron chi connectivity index (χ2n) is 3.74. The molecule has 0 aromatic heterocycles. The molecule has 1 heterocycles. The van der Waals surface area contributed by atoms with Gasteiger partial charge in [0, 0.05) is 18.1 Å². The summed E-state index contributed by atoms with van der Waals surface area (Å²) in [5, 5.41) is 2.18. The van der Waals surface area contributed by atoms with E-state index in [1.54, 1.807) is 0 Å². The molecule has 70 valence electrons. The van der Waals surface area contributed by atoms with Gasteiger partial charge in [0.15, 0.2) is 0 Å². The van der Waals surface area contributed by atoms with E-state index in [1.807, 2.05) is 0 Å². The number of hydrogen-bond donors (Lipinski definition) is 0. The van der Waals surface area contributed by atoms with Crippen LogP contribution in [0.1, 0.15) is 11.1 Å². The fourth-order valence-corrected chi connectivity index (χ4v) is 2.51. The van der Waals surface area contributed by atoms with Gasteiger partial charge in [-0.25, -0.2) is 0 Å². The largest absolute Gasteiger partial charge is 0.445 e. The fourth-order valence-electron chi connectivity index (χ4n) is 1.37. The Bertz CT molecular complexity index is 366. The lowest BCUT2D eigenvalue weighted by Gasteiger charge is -2.32. The summed E-state index contributed by atoms with van der Waals surface area (Å²) in [6.07, 6.45) is 6.46. The highest BCUT2D eigenvalue weighted by molar-refractivity contribution is 8.31. The van der Waals surface area contributed by atoms with E-state index in [1.165, 1.54) is 11.1 Å². The highest BCUT2D eigenvalue weighted by Crippen LogP contribution is 2.48. The number of rotatable bonds is 0. The van der Waals surface area contributed by atoms with Crippen LogP contribution in [0.4, 0.5) is 0 Å². The Morgan fingerprint density at radius 2 is 2.00 bits per heavy atom. The van der Waals surface area contributed by atoms with Crippen LogP contribution in [0.15, 0.2) is 23.6 Å². The van der Waals surface area contributed by atoms with Gasteiger partial charge in [0.2, 0.25) is 0 Å². The summed E-state index contributed by atoms with van der Waals surface area (Å²) in [6, 6.07) is 6.30. The third-order valence-electron chi connectivity index (χ3n) is 2.05. The average molecular weight is 194 g/mol. The van der Waals surface area contributed by atoms with Crippen molar-refractivity contribution in [1.82, 2.24) is 0 Å². The number of benzene rings is 1. The minimum Gasteiger partial charge on any atom is -0.445 e. The van der Waals surface area contributed by atoms with E-state index in [-0.39, 0.29) is 0 Å². The van der Waals surface area contributed by atoms with Gasteiger partial charge in [-0.05, 0) is 30.5 Å². The maximum Gasteiger partial charge on any atom is 0.142 e. The molecular weight excluding hydrogens is 180 g/mol. The van der Waals surface area contributed by atoms with E-state index in [2.05, 4.69) is 49.1 Å². The molecule has 0 unspecified atom stereocenters. The van der Waals surface area contributed by atoms with Gasteiger partial charge in [-0.15, -0.1) is 0 Å². The van der Waals surface area contributed by atoms with Crippen LogP contribution in [0, 0.1) is 6.92 Å². The Balaban J connectivity index is 2.47. The molecular formula is C11H14OS. The normalized spacial score (nSPS) is 20.2. The van der Waals surface area contributed by atoms with E-state index in [0.29, 0.717) is 0 Å². The Morgan fingerprint density at radius 3 is 2.77 bits per heavy atom. The first-order valence-corrected chi connectivity index (χ1v) is 6.72.